The number of aromatic nitrogens is 4. The molecule has 1 amide bonds. The van der Waals surface area contributed by atoms with Gasteiger partial charge in [0.15, 0.2) is 5.65 Å². The largest absolute Gasteiger partial charge is 0.352 e. The van der Waals surface area contributed by atoms with Gasteiger partial charge in [-0.3, -0.25) is 4.79 Å². The molecule has 1 aliphatic carbocycles. The van der Waals surface area contributed by atoms with Crippen LogP contribution in [0.15, 0.2) is 54.0 Å². The summed E-state index contributed by atoms with van der Waals surface area (Å²) in [6.45, 7) is 2.88. The number of nitrogens with zero attached hydrogens (tertiary/aromatic N) is 6. The van der Waals surface area contributed by atoms with Gasteiger partial charge in [0.2, 0.25) is 0 Å². The molecule has 1 aliphatic heterocycles. The third kappa shape index (κ3) is 3.37. The van der Waals surface area contributed by atoms with Crippen LogP contribution in [0.25, 0.3) is 16.7 Å². The topological polar surface area (TPSA) is 67.2 Å². The minimum Gasteiger partial charge on any atom is -0.352 e. The number of carbonyl (C=O) groups excluding carboxylic acids is 1. The SMILES string of the molecule is O=C(c1cccs1)N1CCN(c2nc(C3CC3)nc3c2cnn3-c2ccccc2)CC1. The minimum absolute atomic E-state index is 0.123. The number of rotatable bonds is 4. The lowest BCUT2D eigenvalue weighted by molar-refractivity contribution is 0.0751. The zero-order valence-electron chi connectivity index (χ0n) is 17.0. The Morgan fingerprint density at radius 2 is 1.77 bits per heavy atom. The number of amides is 1. The molecule has 1 aromatic carbocycles. The first-order valence-electron chi connectivity index (χ1n) is 10.7. The van der Waals surface area contributed by atoms with Crippen molar-refractivity contribution in [3.05, 3.63) is 64.7 Å². The fourth-order valence-corrected chi connectivity index (χ4v) is 4.80. The van der Waals surface area contributed by atoms with Crippen LogP contribution in [-0.2, 0) is 0 Å². The van der Waals surface area contributed by atoms with Gasteiger partial charge in [-0.25, -0.2) is 14.6 Å². The maximum atomic E-state index is 12.7. The molecule has 4 heterocycles. The van der Waals surface area contributed by atoms with Crippen molar-refractivity contribution in [2.45, 2.75) is 18.8 Å². The number of fused-ring (bicyclic) bond motifs is 1. The van der Waals surface area contributed by atoms with Gasteiger partial charge in [-0.1, -0.05) is 24.3 Å². The van der Waals surface area contributed by atoms with Gasteiger partial charge in [0.1, 0.15) is 11.6 Å². The van der Waals surface area contributed by atoms with Crippen molar-refractivity contribution in [3.63, 3.8) is 0 Å². The molecule has 31 heavy (non-hydrogen) atoms. The highest BCUT2D eigenvalue weighted by Gasteiger charge is 2.31. The lowest BCUT2D eigenvalue weighted by Crippen LogP contribution is -2.49. The van der Waals surface area contributed by atoms with E-state index in [9.17, 15) is 4.79 Å². The zero-order chi connectivity index (χ0) is 20.8. The Bertz CT molecular complexity index is 1220. The van der Waals surface area contributed by atoms with Crippen LogP contribution in [-0.4, -0.2) is 56.7 Å². The van der Waals surface area contributed by atoms with E-state index in [-0.39, 0.29) is 5.91 Å². The standard InChI is InChI=1S/C23H22N6OS/c30-23(19-7-4-14-31-19)28-12-10-27(11-13-28)21-18-15-24-29(17-5-2-1-3-6-17)22(18)26-20(25-21)16-8-9-16/h1-7,14-16H,8-13H2. The highest BCUT2D eigenvalue weighted by Crippen LogP contribution is 2.40. The van der Waals surface area contributed by atoms with Crippen molar-refractivity contribution in [2.75, 3.05) is 31.1 Å². The first-order valence-corrected chi connectivity index (χ1v) is 11.5. The van der Waals surface area contributed by atoms with E-state index in [0.29, 0.717) is 19.0 Å². The molecule has 8 heteroatoms. The normalized spacial score (nSPS) is 16.8. The first-order chi connectivity index (χ1) is 15.3. The number of thiophene rings is 1. The maximum Gasteiger partial charge on any atom is 0.264 e. The predicted octanol–water partition coefficient (Wildman–Crippen LogP) is 3.72. The summed E-state index contributed by atoms with van der Waals surface area (Å²) in [6.07, 6.45) is 4.17. The fraction of sp³-hybridized carbons (Fsp3) is 0.304. The molecule has 4 aromatic rings. The van der Waals surface area contributed by atoms with E-state index in [1.54, 1.807) is 0 Å². The Labute approximate surface area is 184 Å². The van der Waals surface area contributed by atoms with E-state index in [0.717, 1.165) is 59.2 Å². The van der Waals surface area contributed by atoms with Crippen LogP contribution in [0.4, 0.5) is 5.82 Å². The quantitative estimate of drug-likeness (QED) is 0.494. The molecule has 0 bridgehead atoms. The van der Waals surface area contributed by atoms with Gasteiger partial charge >= 0.3 is 0 Å². The van der Waals surface area contributed by atoms with E-state index in [2.05, 4.69) is 10.00 Å². The summed E-state index contributed by atoms with van der Waals surface area (Å²) in [7, 11) is 0. The second kappa shape index (κ2) is 7.46. The Hall–Kier alpha value is -3.26. The van der Waals surface area contributed by atoms with Gasteiger partial charge < -0.3 is 9.80 Å². The number of para-hydroxylation sites is 1. The third-order valence-corrected chi connectivity index (χ3v) is 6.83. The van der Waals surface area contributed by atoms with E-state index in [1.807, 2.05) is 63.6 Å². The molecule has 7 nitrogen and oxygen atoms in total. The summed E-state index contributed by atoms with van der Waals surface area (Å²) in [5.41, 5.74) is 1.85. The van der Waals surface area contributed by atoms with Crippen LogP contribution in [0.3, 0.4) is 0 Å². The van der Waals surface area contributed by atoms with Crippen LogP contribution in [0.5, 0.6) is 0 Å². The molecule has 156 valence electrons. The predicted molar refractivity (Wildman–Crippen MR) is 121 cm³/mol. The molecule has 1 saturated heterocycles. The number of anilines is 1. The van der Waals surface area contributed by atoms with Crippen LogP contribution >= 0.6 is 11.3 Å². The number of carbonyl (C=O) groups is 1. The zero-order valence-corrected chi connectivity index (χ0v) is 17.8. The summed E-state index contributed by atoms with van der Waals surface area (Å²) in [6, 6.07) is 13.9. The van der Waals surface area contributed by atoms with Crippen molar-refractivity contribution in [3.8, 4) is 5.69 Å². The Balaban J connectivity index is 1.33. The number of benzene rings is 1. The summed E-state index contributed by atoms with van der Waals surface area (Å²) >= 11 is 1.50. The third-order valence-electron chi connectivity index (χ3n) is 5.97. The lowest BCUT2D eigenvalue weighted by Gasteiger charge is -2.35. The van der Waals surface area contributed by atoms with E-state index in [1.165, 1.54) is 11.3 Å². The van der Waals surface area contributed by atoms with Crippen molar-refractivity contribution < 1.29 is 4.79 Å². The highest BCUT2D eigenvalue weighted by molar-refractivity contribution is 7.12. The molecular formula is C23H22N6OS. The van der Waals surface area contributed by atoms with E-state index in [4.69, 9.17) is 9.97 Å². The maximum absolute atomic E-state index is 12.7. The number of piperazine rings is 1. The lowest BCUT2D eigenvalue weighted by atomic mass is 10.2. The van der Waals surface area contributed by atoms with Gasteiger partial charge in [-0.15, -0.1) is 11.3 Å². The van der Waals surface area contributed by atoms with Crippen LogP contribution < -0.4 is 4.90 Å². The first kappa shape index (κ1) is 18.5. The molecule has 0 N–H and O–H groups in total. The van der Waals surface area contributed by atoms with Crippen molar-refractivity contribution in [1.82, 2.24) is 24.6 Å². The number of hydrogen-bond acceptors (Lipinski definition) is 6. The Morgan fingerprint density at radius 3 is 2.48 bits per heavy atom. The van der Waals surface area contributed by atoms with Gasteiger partial charge in [0.25, 0.3) is 5.91 Å². The molecule has 3 aromatic heterocycles. The molecular weight excluding hydrogens is 408 g/mol. The highest BCUT2D eigenvalue weighted by atomic mass is 32.1. The van der Waals surface area contributed by atoms with Crippen LogP contribution in [0, 0.1) is 0 Å². The minimum atomic E-state index is 0.123. The smallest absolute Gasteiger partial charge is 0.264 e. The molecule has 0 atom stereocenters. The molecule has 2 fully saturated rings. The Morgan fingerprint density at radius 1 is 0.968 bits per heavy atom. The molecule has 0 radical (unpaired) electrons. The van der Waals surface area contributed by atoms with Gasteiger partial charge in [0.05, 0.1) is 22.1 Å². The van der Waals surface area contributed by atoms with E-state index >= 15 is 0 Å². The van der Waals surface area contributed by atoms with Gasteiger partial charge in [-0.05, 0) is 36.4 Å². The summed E-state index contributed by atoms with van der Waals surface area (Å²) in [5.74, 6) is 2.43. The number of hydrogen-bond donors (Lipinski definition) is 0. The van der Waals surface area contributed by atoms with E-state index < -0.39 is 0 Å². The molecule has 6 rings (SSSR count). The molecule has 0 spiro atoms. The average molecular weight is 431 g/mol. The Kier molecular flexibility index (Phi) is 4.45. The summed E-state index contributed by atoms with van der Waals surface area (Å²) < 4.78 is 1.91. The second-order valence-electron chi connectivity index (χ2n) is 8.07. The second-order valence-corrected chi connectivity index (χ2v) is 9.01. The fourth-order valence-electron chi connectivity index (χ4n) is 4.11. The van der Waals surface area contributed by atoms with Crippen LogP contribution in [0.1, 0.15) is 34.3 Å². The monoisotopic (exact) mass is 430 g/mol. The van der Waals surface area contributed by atoms with Crippen molar-refractivity contribution in [2.24, 2.45) is 0 Å². The average Bonchev–Trinajstić information content (AvgIpc) is 3.36. The molecule has 0 unspecified atom stereocenters. The van der Waals surface area contributed by atoms with Gasteiger partial charge in [0, 0.05) is 32.1 Å². The van der Waals surface area contributed by atoms with Crippen molar-refractivity contribution >= 4 is 34.1 Å². The summed E-state index contributed by atoms with van der Waals surface area (Å²) in [5, 5.41) is 7.56. The summed E-state index contributed by atoms with van der Waals surface area (Å²) in [4.78, 5) is 27.6. The van der Waals surface area contributed by atoms with Crippen LogP contribution in [0.2, 0.25) is 0 Å². The van der Waals surface area contributed by atoms with Gasteiger partial charge in [-0.2, -0.15) is 5.10 Å². The molecule has 2 aliphatic rings. The van der Waals surface area contributed by atoms with Crippen molar-refractivity contribution in [1.29, 1.82) is 0 Å². The molecule has 1 saturated carbocycles.